The molecule has 0 saturated carbocycles. The van der Waals surface area contributed by atoms with Crippen molar-refractivity contribution in [2.75, 3.05) is 7.11 Å². The summed E-state index contributed by atoms with van der Waals surface area (Å²) in [6.07, 6.45) is -4.43. The molecule has 0 bridgehead atoms. The summed E-state index contributed by atoms with van der Waals surface area (Å²) < 4.78 is 42.5. The fourth-order valence-corrected chi connectivity index (χ4v) is 1.74. The first-order chi connectivity index (χ1) is 9.32. The van der Waals surface area contributed by atoms with Crippen molar-refractivity contribution >= 4 is 5.97 Å². The van der Waals surface area contributed by atoms with E-state index < -0.39 is 17.7 Å². The van der Waals surface area contributed by atoms with E-state index >= 15 is 0 Å². The first-order valence-corrected chi connectivity index (χ1v) is 5.65. The van der Waals surface area contributed by atoms with Crippen molar-refractivity contribution in [3.05, 3.63) is 41.2 Å². The van der Waals surface area contributed by atoms with E-state index in [0.717, 1.165) is 12.1 Å². The van der Waals surface area contributed by atoms with Crippen molar-refractivity contribution in [3.8, 4) is 11.4 Å². The van der Waals surface area contributed by atoms with Crippen LogP contribution < -0.4 is 0 Å². The number of hydrogen-bond acceptors (Lipinski definition) is 3. The summed E-state index contributed by atoms with van der Waals surface area (Å²) in [7, 11) is 1.21. The number of esters is 1. The quantitative estimate of drug-likeness (QED) is 0.862. The maximum Gasteiger partial charge on any atom is 0.416 e. The van der Waals surface area contributed by atoms with Crippen molar-refractivity contribution in [2.24, 2.45) is 0 Å². The number of hydrogen-bond donors (Lipinski definition) is 1. The molecule has 106 valence electrons. The number of alkyl halides is 3. The van der Waals surface area contributed by atoms with Gasteiger partial charge in [0.1, 0.15) is 5.82 Å². The molecule has 0 aliphatic carbocycles. The number of carbonyl (C=O) groups excluding carboxylic acids is 1. The summed E-state index contributed by atoms with van der Waals surface area (Å²) in [5.74, 6) is -0.453. The third-order valence-corrected chi connectivity index (χ3v) is 2.73. The van der Waals surface area contributed by atoms with E-state index in [4.69, 9.17) is 0 Å². The summed E-state index contributed by atoms with van der Waals surface area (Å²) in [5.41, 5.74) is -0.0362. The van der Waals surface area contributed by atoms with E-state index in [0.29, 0.717) is 5.69 Å². The second-order valence-corrected chi connectivity index (χ2v) is 4.13. The highest BCUT2D eigenvalue weighted by Gasteiger charge is 2.30. The van der Waals surface area contributed by atoms with Gasteiger partial charge in [-0.3, -0.25) is 0 Å². The monoisotopic (exact) mass is 284 g/mol. The molecule has 7 heteroatoms. The van der Waals surface area contributed by atoms with Gasteiger partial charge >= 0.3 is 12.1 Å². The number of imidazole rings is 1. The smallest absolute Gasteiger partial charge is 0.416 e. The predicted molar refractivity (Wildman–Crippen MR) is 65.1 cm³/mol. The maximum atomic E-state index is 12.6. The van der Waals surface area contributed by atoms with Crippen LogP contribution in [0.15, 0.2) is 24.3 Å². The summed E-state index contributed by atoms with van der Waals surface area (Å²) >= 11 is 0. The van der Waals surface area contributed by atoms with Gasteiger partial charge in [0, 0.05) is 11.3 Å². The van der Waals surface area contributed by atoms with Crippen molar-refractivity contribution in [2.45, 2.75) is 13.1 Å². The van der Waals surface area contributed by atoms with Crippen LogP contribution in [-0.2, 0) is 10.9 Å². The van der Waals surface area contributed by atoms with Crippen LogP contribution >= 0.6 is 0 Å². The number of halogens is 3. The minimum atomic E-state index is -4.43. The topological polar surface area (TPSA) is 55.0 Å². The Bertz CT molecular complexity index is 647. The molecule has 0 atom stereocenters. The number of aromatic nitrogens is 2. The van der Waals surface area contributed by atoms with Gasteiger partial charge in [0.15, 0.2) is 5.69 Å². The highest BCUT2D eigenvalue weighted by atomic mass is 19.4. The van der Waals surface area contributed by atoms with E-state index in [1.54, 1.807) is 6.92 Å². The zero-order chi connectivity index (χ0) is 14.9. The van der Waals surface area contributed by atoms with Crippen LogP contribution in [0.3, 0.4) is 0 Å². The molecular weight excluding hydrogens is 273 g/mol. The van der Waals surface area contributed by atoms with E-state index in [1.165, 1.54) is 19.2 Å². The molecule has 2 aromatic rings. The fraction of sp³-hybridized carbons (Fsp3) is 0.231. The summed E-state index contributed by atoms with van der Waals surface area (Å²) in [5, 5.41) is 0. The molecule has 0 amide bonds. The second kappa shape index (κ2) is 4.99. The van der Waals surface area contributed by atoms with Gasteiger partial charge in [-0.05, 0) is 19.1 Å². The van der Waals surface area contributed by atoms with E-state index in [1.807, 2.05) is 0 Å². The molecule has 1 heterocycles. The number of nitrogens with zero attached hydrogens (tertiary/aromatic N) is 1. The Morgan fingerprint density at radius 1 is 1.35 bits per heavy atom. The van der Waals surface area contributed by atoms with Crippen LogP contribution in [0, 0.1) is 6.92 Å². The lowest BCUT2D eigenvalue weighted by atomic mass is 10.1. The lowest BCUT2D eigenvalue weighted by molar-refractivity contribution is -0.137. The van der Waals surface area contributed by atoms with Gasteiger partial charge in [0.05, 0.1) is 12.7 Å². The van der Waals surface area contributed by atoms with Crippen molar-refractivity contribution in [3.63, 3.8) is 0 Å². The van der Waals surface area contributed by atoms with Gasteiger partial charge in [-0.1, -0.05) is 12.1 Å². The molecular formula is C13H11F3N2O2. The van der Waals surface area contributed by atoms with Crippen LogP contribution in [0.2, 0.25) is 0 Å². The third-order valence-electron chi connectivity index (χ3n) is 2.73. The highest BCUT2D eigenvalue weighted by Crippen LogP contribution is 2.31. The summed E-state index contributed by atoms with van der Waals surface area (Å²) in [4.78, 5) is 18.2. The number of H-pyrrole nitrogens is 1. The van der Waals surface area contributed by atoms with Gasteiger partial charge in [0.2, 0.25) is 0 Å². The van der Waals surface area contributed by atoms with Crippen molar-refractivity contribution in [1.29, 1.82) is 0 Å². The Morgan fingerprint density at radius 2 is 2.05 bits per heavy atom. The fourth-order valence-electron chi connectivity index (χ4n) is 1.74. The molecule has 0 aliphatic heterocycles. The number of nitrogens with one attached hydrogen (secondary N) is 1. The van der Waals surface area contributed by atoms with Crippen LogP contribution in [0.25, 0.3) is 11.4 Å². The molecule has 1 aromatic carbocycles. The van der Waals surface area contributed by atoms with Gasteiger partial charge in [-0.25, -0.2) is 9.78 Å². The number of ether oxygens (including phenoxy) is 1. The lowest BCUT2D eigenvalue weighted by Gasteiger charge is -2.07. The first kappa shape index (κ1) is 14.1. The molecule has 0 spiro atoms. The number of benzene rings is 1. The Balaban J connectivity index is 2.45. The number of methoxy groups -OCH3 is 1. The number of carbonyl (C=O) groups is 1. The van der Waals surface area contributed by atoms with E-state index in [2.05, 4.69) is 14.7 Å². The SMILES string of the molecule is COC(=O)c1nc(-c2cccc(C(F)(F)F)c2)[nH]c1C. The summed E-state index contributed by atoms with van der Waals surface area (Å²) in [6.45, 7) is 1.59. The van der Waals surface area contributed by atoms with Gasteiger partial charge in [-0.15, -0.1) is 0 Å². The molecule has 20 heavy (non-hydrogen) atoms. The van der Waals surface area contributed by atoms with Gasteiger partial charge in [-0.2, -0.15) is 13.2 Å². The number of rotatable bonds is 2. The summed E-state index contributed by atoms with van der Waals surface area (Å²) in [6, 6.07) is 4.71. The van der Waals surface area contributed by atoms with Crippen LogP contribution in [0.5, 0.6) is 0 Å². The van der Waals surface area contributed by atoms with E-state index in [-0.39, 0.29) is 17.1 Å². The molecule has 0 fully saturated rings. The van der Waals surface area contributed by atoms with Crippen LogP contribution in [-0.4, -0.2) is 23.0 Å². The molecule has 4 nitrogen and oxygen atoms in total. The van der Waals surface area contributed by atoms with Crippen LogP contribution in [0.4, 0.5) is 13.2 Å². The zero-order valence-electron chi connectivity index (χ0n) is 10.7. The molecule has 0 radical (unpaired) electrons. The van der Waals surface area contributed by atoms with Gasteiger partial charge < -0.3 is 9.72 Å². The molecule has 0 unspecified atom stereocenters. The van der Waals surface area contributed by atoms with Crippen molar-refractivity contribution < 1.29 is 22.7 Å². The average molecular weight is 284 g/mol. The minimum absolute atomic E-state index is 0.0555. The standard InChI is InChI=1S/C13H11F3N2O2/c1-7-10(12(19)20-2)18-11(17-7)8-4-3-5-9(6-8)13(14,15)16/h3-6H,1-2H3,(H,17,18). The Morgan fingerprint density at radius 3 is 2.65 bits per heavy atom. The second-order valence-electron chi connectivity index (χ2n) is 4.13. The average Bonchev–Trinajstić information content (AvgIpc) is 2.79. The zero-order valence-corrected chi connectivity index (χ0v) is 10.7. The molecule has 1 N–H and O–H groups in total. The van der Waals surface area contributed by atoms with Crippen LogP contribution in [0.1, 0.15) is 21.7 Å². The van der Waals surface area contributed by atoms with E-state index in [9.17, 15) is 18.0 Å². The lowest BCUT2D eigenvalue weighted by Crippen LogP contribution is -2.04. The third kappa shape index (κ3) is 2.66. The maximum absolute atomic E-state index is 12.6. The molecule has 0 saturated heterocycles. The largest absolute Gasteiger partial charge is 0.464 e. The number of aryl methyl sites for hydroxylation is 1. The predicted octanol–water partition coefficient (Wildman–Crippen LogP) is 3.19. The Labute approximate surface area is 112 Å². The Hall–Kier alpha value is -2.31. The molecule has 2 rings (SSSR count). The molecule has 1 aromatic heterocycles. The Kier molecular flexibility index (Phi) is 3.52. The van der Waals surface area contributed by atoms with Crippen molar-refractivity contribution in [1.82, 2.24) is 9.97 Å². The number of aromatic amines is 1. The normalized spacial score (nSPS) is 11.4. The highest BCUT2D eigenvalue weighted by molar-refractivity contribution is 5.89. The first-order valence-electron chi connectivity index (χ1n) is 5.65. The van der Waals surface area contributed by atoms with Gasteiger partial charge in [0.25, 0.3) is 0 Å². The minimum Gasteiger partial charge on any atom is -0.464 e. The molecule has 0 aliphatic rings.